The van der Waals surface area contributed by atoms with E-state index < -0.39 is 0 Å². The van der Waals surface area contributed by atoms with E-state index in [4.69, 9.17) is 0 Å². The molecule has 1 saturated heterocycles. The molecule has 0 unspecified atom stereocenters. The number of rotatable bonds is 4. The van der Waals surface area contributed by atoms with E-state index in [1.54, 1.807) is 23.4 Å². The Morgan fingerprint density at radius 3 is 3.00 bits per heavy atom. The minimum Gasteiger partial charge on any atom is -0.367 e. The summed E-state index contributed by atoms with van der Waals surface area (Å²) in [6.07, 6.45) is 5.75. The van der Waals surface area contributed by atoms with Gasteiger partial charge in [-0.2, -0.15) is 0 Å². The van der Waals surface area contributed by atoms with Crippen molar-refractivity contribution in [2.45, 2.75) is 42.7 Å². The fourth-order valence-corrected chi connectivity index (χ4v) is 6.87. The molecule has 3 aliphatic heterocycles. The number of hydrogen-bond donors (Lipinski definition) is 0. The van der Waals surface area contributed by atoms with Gasteiger partial charge in [-0.05, 0) is 72.8 Å². The normalized spacial score (nSPS) is 23.4. The molecule has 1 fully saturated rings. The molecule has 1 aromatic heterocycles. The first-order valence-electron chi connectivity index (χ1n) is 11.3. The summed E-state index contributed by atoms with van der Waals surface area (Å²) < 4.78 is 15.8. The Bertz CT molecular complexity index is 1080. The number of anilines is 1. The molecular formula is C25H28FN3S. The van der Waals surface area contributed by atoms with Crippen LogP contribution in [0.1, 0.15) is 30.7 Å². The third-order valence-corrected chi connectivity index (χ3v) is 8.32. The van der Waals surface area contributed by atoms with Crippen LogP contribution in [0.4, 0.5) is 10.1 Å². The molecule has 0 radical (unpaired) electrons. The van der Waals surface area contributed by atoms with Crippen LogP contribution in [0.25, 0.3) is 10.9 Å². The van der Waals surface area contributed by atoms with Gasteiger partial charge in [0.2, 0.25) is 0 Å². The van der Waals surface area contributed by atoms with E-state index in [1.165, 1.54) is 43.1 Å². The Balaban J connectivity index is 1.14. The Hall–Kier alpha value is -1.98. The molecule has 0 saturated carbocycles. The molecule has 0 bridgehead atoms. The van der Waals surface area contributed by atoms with Crippen LogP contribution in [-0.2, 0) is 6.54 Å². The minimum atomic E-state index is -0.153. The van der Waals surface area contributed by atoms with Crippen molar-refractivity contribution in [2.75, 3.05) is 36.8 Å². The lowest BCUT2D eigenvalue weighted by molar-refractivity contribution is 0.189. The summed E-state index contributed by atoms with van der Waals surface area (Å²) in [4.78, 5) is 6.90. The topological polar surface area (TPSA) is 11.4 Å². The summed E-state index contributed by atoms with van der Waals surface area (Å²) in [6.45, 7) is 5.64. The molecule has 5 heteroatoms. The molecule has 3 nitrogen and oxygen atoms in total. The van der Waals surface area contributed by atoms with Gasteiger partial charge in [-0.1, -0.05) is 12.1 Å². The lowest BCUT2D eigenvalue weighted by Gasteiger charge is -2.39. The van der Waals surface area contributed by atoms with E-state index >= 15 is 0 Å². The maximum absolute atomic E-state index is 13.6. The number of halogens is 1. The lowest BCUT2D eigenvalue weighted by atomic mass is 9.89. The first-order valence-corrected chi connectivity index (χ1v) is 12.3. The van der Waals surface area contributed by atoms with Gasteiger partial charge < -0.3 is 14.4 Å². The van der Waals surface area contributed by atoms with E-state index in [0.29, 0.717) is 12.0 Å². The quantitative estimate of drug-likeness (QED) is 0.563. The highest BCUT2D eigenvalue weighted by molar-refractivity contribution is 7.99. The van der Waals surface area contributed by atoms with Gasteiger partial charge in [0.25, 0.3) is 0 Å². The zero-order valence-electron chi connectivity index (χ0n) is 17.3. The summed E-state index contributed by atoms with van der Waals surface area (Å²) in [5, 5.41) is 1.12. The number of piperidine rings is 1. The second-order valence-electron chi connectivity index (χ2n) is 8.92. The van der Waals surface area contributed by atoms with Gasteiger partial charge in [0.15, 0.2) is 0 Å². The average Bonchev–Trinajstić information content (AvgIpc) is 3.21. The lowest BCUT2D eigenvalue weighted by Crippen LogP contribution is -2.46. The molecule has 30 heavy (non-hydrogen) atoms. The van der Waals surface area contributed by atoms with Gasteiger partial charge in [-0.15, -0.1) is 11.8 Å². The molecule has 156 valence electrons. The van der Waals surface area contributed by atoms with Crippen LogP contribution in [-0.4, -0.2) is 47.4 Å². The van der Waals surface area contributed by atoms with Crippen LogP contribution in [0.3, 0.4) is 0 Å². The third-order valence-electron chi connectivity index (χ3n) is 7.19. The number of hydrogen-bond acceptors (Lipinski definition) is 3. The van der Waals surface area contributed by atoms with E-state index in [0.717, 1.165) is 30.4 Å². The zero-order valence-corrected chi connectivity index (χ0v) is 18.1. The highest BCUT2D eigenvalue weighted by atomic mass is 32.2. The maximum Gasteiger partial charge on any atom is 0.125 e. The molecule has 0 aliphatic carbocycles. The monoisotopic (exact) mass is 421 g/mol. The number of aromatic nitrogens is 1. The second kappa shape index (κ2) is 7.61. The number of aryl methyl sites for hydroxylation is 1. The van der Waals surface area contributed by atoms with E-state index in [9.17, 15) is 4.39 Å². The van der Waals surface area contributed by atoms with Crippen molar-refractivity contribution in [3.05, 3.63) is 60.0 Å². The van der Waals surface area contributed by atoms with E-state index in [-0.39, 0.29) is 5.82 Å². The van der Waals surface area contributed by atoms with Gasteiger partial charge in [0.05, 0.1) is 11.2 Å². The highest BCUT2D eigenvalue weighted by Crippen LogP contribution is 2.50. The van der Waals surface area contributed by atoms with Crippen molar-refractivity contribution in [2.24, 2.45) is 0 Å². The Morgan fingerprint density at radius 2 is 2.03 bits per heavy atom. The summed E-state index contributed by atoms with van der Waals surface area (Å²) in [5.74, 6) is 1.74. The Kier molecular flexibility index (Phi) is 4.76. The largest absolute Gasteiger partial charge is 0.367 e. The van der Waals surface area contributed by atoms with Crippen molar-refractivity contribution in [3.8, 4) is 0 Å². The first-order chi connectivity index (χ1) is 14.8. The highest BCUT2D eigenvalue weighted by Gasteiger charge is 2.43. The Labute approximate surface area is 181 Å². The van der Waals surface area contributed by atoms with Gasteiger partial charge in [-0.3, -0.25) is 0 Å². The van der Waals surface area contributed by atoms with E-state index in [1.807, 2.05) is 17.8 Å². The summed E-state index contributed by atoms with van der Waals surface area (Å²) >= 11 is 2.04. The molecule has 2 atom stereocenters. The number of thioether (sulfide) groups is 1. The van der Waals surface area contributed by atoms with Crippen molar-refractivity contribution >= 4 is 28.4 Å². The zero-order chi connectivity index (χ0) is 20.1. The van der Waals surface area contributed by atoms with Crippen molar-refractivity contribution in [3.63, 3.8) is 0 Å². The molecule has 3 aromatic rings. The predicted octanol–water partition coefficient (Wildman–Crippen LogP) is 5.34. The number of likely N-dealkylation sites (tertiary alicyclic amines) is 1. The molecule has 3 aliphatic rings. The number of nitrogens with zero attached hydrogens (tertiary/aromatic N) is 3. The molecule has 6 rings (SSSR count). The van der Waals surface area contributed by atoms with Gasteiger partial charge >= 0.3 is 0 Å². The third kappa shape index (κ3) is 3.14. The van der Waals surface area contributed by atoms with Gasteiger partial charge in [0, 0.05) is 49.2 Å². The molecule has 2 aromatic carbocycles. The summed E-state index contributed by atoms with van der Waals surface area (Å²) in [7, 11) is 0. The average molecular weight is 422 g/mol. The van der Waals surface area contributed by atoms with Crippen LogP contribution in [0.2, 0.25) is 0 Å². The van der Waals surface area contributed by atoms with Crippen LogP contribution in [0.5, 0.6) is 0 Å². The van der Waals surface area contributed by atoms with Gasteiger partial charge in [0.1, 0.15) is 5.82 Å². The SMILES string of the molecule is Fc1ccc2ccn(CCCN3CC[C@@H]4[C@H](C3)c3cccc5c3N4CCCS5)c2c1. The summed E-state index contributed by atoms with van der Waals surface area (Å²) in [6, 6.07) is 14.8. The van der Waals surface area contributed by atoms with Crippen LogP contribution in [0.15, 0.2) is 53.6 Å². The number of para-hydroxylation sites is 1. The van der Waals surface area contributed by atoms with Crippen molar-refractivity contribution in [1.82, 2.24) is 9.47 Å². The summed E-state index contributed by atoms with van der Waals surface area (Å²) in [5.41, 5.74) is 4.15. The second-order valence-corrected chi connectivity index (χ2v) is 10.1. The molecule has 0 spiro atoms. The van der Waals surface area contributed by atoms with Crippen LogP contribution < -0.4 is 4.90 Å². The maximum atomic E-state index is 13.6. The fraction of sp³-hybridized carbons (Fsp3) is 0.440. The fourth-order valence-electron chi connectivity index (χ4n) is 5.83. The van der Waals surface area contributed by atoms with Crippen molar-refractivity contribution in [1.29, 1.82) is 0 Å². The van der Waals surface area contributed by atoms with Gasteiger partial charge in [-0.25, -0.2) is 4.39 Å². The molecular weight excluding hydrogens is 393 g/mol. The van der Waals surface area contributed by atoms with Crippen LogP contribution >= 0.6 is 11.8 Å². The number of benzene rings is 2. The van der Waals surface area contributed by atoms with E-state index in [2.05, 4.69) is 44.8 Å². The molecule has 0 amide bonds. The Morgan fingerprint density at radius 1 is 1.07 bits per heavy atom. The standard InChI is InChI=1S/C25H28FN3S/c26-19-7-6-18-8-14-28(23(18)16-19)11-2-10-27-13-9-22-21(17-27)20-4-1-5-24-25(20)29(22)12-3-15-30-24/h1,4-8,14,16,21-22H,2-3,9-13,15,17H2/t21-,22-/m1/s1. The smallest absolute Gasteiger partial charge is 0.125 e. The minimum absolute atomic E-state index is 0.153. The first kappa shape index (κ1) is 18.8. The number of fused-ring (bicyclic) bond motifs is 4. The molecule has 0 N–H and O–H groups in total. The van der Waals surface area contributed by atoms with Crippen molar-refractivity contribution < 1.29 is 4.39 Å². The molecule has 4 heterocycles. The predicted molar refractivity (Wildman–Crippen MR) is 123 cm³/mol. The van der Waals surface area contributed by atoms with Crippen LogP contribution in [0, 0.1) is 5.82 Å².